The second-order valence-corrected chi connectivity index (χ2v) is 13.5. The molecule has 1 unspecified atom stereocenters. The summed E-state index contributed by atoms with van der Waals surface area (Å²) < 4.78 is 5.40. The predicted molar refractivity (Wildman–Crippen MR) is 211 cm³/mol. The van der Waals surface area contributed by atoms with E-state index in [1.165, 1.54) is 23.1 Å². The van der Waals surface area contributed by atoms with E-state index in [1.807, 2.05) is 72.1 Å². The molecule has 0 aliphatic carbocycles. The van der Waals surface area contributed by atoms with E-state index in [0.717, 1.165) is 11.1 Å². The number of carbonyl (C=O) groups excluding carboxylic acids is 4. The van der Waals surface area contributed by atoms with Gasteiger partial charge in [0.2, 0.25) is 5.91 Å². The Labute approximate surface area is 315 Å². The normalized spacial score (nSPS) is 11.6. The molecule has 6 rings (SSSR count). The number of rotatable bonds is 13. The van der Waals surface area contributed by atoms with E-state index >= 15 is 0 Å². The molecule has 0 radical (unpaired) electrons. The number of ether oxygens (including phenoxy) is 1. The zero-order chi connectivity index (χ0) is 37.0. The van der Waals surface area contributed by atoms with E-state index in [9.17, 15) is 19.2 Å². The number of anilines is 2. The number of thioether (sulfide) groups is 1. The van der Waals surface area contributed by atoms with Crippen LogP contribution in [0.25, 0.3) is 17.2 Å². The Bertz CT molecular complexity index is 2230. The van der Waals surface area contributed by atoms with E-state index in [-0.39, 0.29) is 18.2 Å². The molecule has 3 N–H and O–H groups in total. The maximum Gasteiger partial charge on any atom is 0.341 e. The van der Waals surface area contributed by atoms with Crippen molar-refractivity contribution in [2.45, 2.75) is 17.1 Å². The Morgan fingerprint density at radius 1 is 0.830 bits per heavy atom. The third-order valence-corrected chi connectivity index (χ3v) is 9.95. The van der Waals surface area contributed by atoms with Crippen molar-refractivity contribution in [2.75, 3.05) is 17.2 Å². The van der Waals surface area contributed by atoms with E-state index in [2.05, 4.69) is 20.9 Å². The molecule has 3 amide bonds. The Morgan fingerprint density at radius 3 is 2.25 bits per heavy atom. The Hall–Kier alpha value is -6.30. The van der Waals surface area contributed by atoms with E-state index in [4.69, 9.17) is 4.74 Å². The molecule has 0 saturated heterocycles. The predicted octanol–water partition coefficient (Wildman–Crippen LogP) is 8.87. The highest BCUT2D eigenvalue weighted by Gasteiger charge is 2.27. The van der Waals surface area contributed by atoms with Crippen LogP contribution in [0.1, 0.15) is 44.0 Å². The number of hydrogen-bond donors (Lipinski definition) is 3. The fraction of sp³-hybridized carbons (Fsp3) is 0.0714. The first-order valence-corrected chi connectivity index (χ1v) is 18.4. The first kappa shape index (κ1) is 36.5. The number of nitrogens with zero attached hydrogens (tertiary/aromatic N) is 1. The van der Waals surface area contributed by atoms with Crippen LogP contribution in [0.5, 0.6) is 0 Å². The summed E-state index contributed by atoms with van der Waals surface area (Å²) >= 11 is 2.55. The maximum absolute atomic E-state index is 14.1. The van der Waals surface area contributed by atoms with Gasteiger partial charge >= 0.3 is 5.97 Å². The Kier molecular flexibility index (Phi) is 12.2. The lowest BCUT2D eigenvalue weighted by atomic mass is 10.0. The molecule has 1 atom stereocenters. The molecule has 6 aromatic rings. The summed E-state index contributed by atoms with van der Waals surface area (Å²) in [6, 6.07) is 38.0. The molecular formula is C42H34N4O5S2. The SMILES string of the molecule is CCOC(=O)c1c(-c2ccccc2)csc1NC(=O)C(Sc1cccc(NC(=O)/C(=C/c2cccnc2)NC(=O)c2ccccc2)c1)c1ccccc1. The van der Waals surface area contributed by atoms with Gasteiger partial charge in [-0.05, 0) is 66.1 Å². The third kappa shape index (κ3) is 9.53. The highest BCUT2D eigenvalue weighted by molar-refractivity contribution is 8.00. The van der Waals surface area contributed by atoms with Gasteiger partial charge in [0.05, 0.1) is 6.61 Å². The molecule has 11 heteroatoms. The lowest BCUT2D eigenvalue weighted by Crippen LogP contribution is -2.30. The van der Waals surface area contributed by atoms with Crippen LogP contribution in [0.3, 0.4) is 0 Å². The lowest BCUT2D eigenvalue weighted by Gasteiger charge is -2.18. The monoisotopic (exact) mass is 738 g/mol. The lowest BCUT2D eigenvalue weighted by molar-refractivity contribution is -0.116. The number of esters is 1. The number of carbonyl (C=O) groups is 4. The van der Waals surface area contributed by atoms with E-state index < -0.39 is 23.0 Å². The molecule has 0 saturated carbocycles. The zero-order valence-corrected chi connectivity index (χ0v) is 30.2. The second-order valence-electron chi connectivity index (χ2n) is 11.5. The molecular weight excluding hydrogens is 705 g/mol. The van der Waals surface area contributed by atoms with Crippen LogP contribution in [-0.4, -0.2) is 35.3 Å². The van der Waals surface area contributed by atoms with Crippen LogP contribution < -0.4 is 16.0 Å². The van der Waals surface area contributed by atoms with Gasteiger partial charge in [0.15, 0.2) is 0 Å². The Morgan fingerprint density at radius 2 is 1.55 bits per heavy atom. The van der Waals surface area contributed by atoms with Crippen molar-refractivity contribution < 1.29 is 23.9 Å². The second kappa shape index (κ2) is 17.8. The van der Waals surface area contributed by atoms with Crippen LogP contribution in [0.15, 0.2) is 156 Å². The van der Waals surface area contributed by atoms with Crippen molar-refractivity contribution in [1.82, 2.24) is 10.3 Å². The van der Waals surface area contributed by atoms with Crippen LogP contribution in [0, 0.1) is 0 Å². The van der Waals surface area contributed by atoms with Gasteiger partial charge in [0.1, 0.15) is 21.5 Å². The van der Waals surface area contributed by atoms with Gasteiger partial charge in [0, 0.05) is 39.5 Å². The van der Waals surface area contributed by atoms with Crippen LogP contribution >= 0.6 is 23.1 Å². The summed E-state index contributed by atoms with van der Waals surface area (Å²) in [5.74, 6) is -1.85. The average molecular weight is 739 g/mol. The quantitative estimate of drug-likeness (QED) is 0.0614. The van der Waals surface area contributed by atoms with Gasteiger partial charge in [-0.3, -0.25) is 19.4 Å². The summed E-state index contributed by atoms with van der Waals surface area (Å²) in [5, 5.41) is 10.1. The number of nitrogens with one attached hydrogen (secondary N) is 3. The van der Waals surface area contributed by atoms with E-state index in [0.29, 0.717) is 37.8 Å². The number of amides is 3. The molecule has 53 heavy (non-hydrogen) atoms. The van der Waals surface area contributed by atoms with Crippen molar-refractivity contribution in [3.8, 4) is 11.1 Å². The van der Waals surface area contributed by atoms with Crippen molar-refractivity contribution in [1.29, 1.82) is 0 Å². The van der Waals surface area contributed by atoms with Gasteiger partial charge in [-0.15, -0.1) is 23.1 Å². The van der Waals surface area contributed by atoms with Crippen LogP contribution in [-0.2, 0) is 14.3 Å². The number of aromatic nitrogens is 1. The molecule has 264 valence electrons. The molecule has 0 aliphatic rings. The first-order valence-electron chi connectivity index (χ1n) is 16.7. The van der Waals surface area contributed by atoms with Gasteiger partial charge in [0.25, 0.3) is 11.8 Å². The van der Waals surface area contributed by atoms with Crippen molar-refractivity contribution >= 4 is 63.6 Å². The molecule has 0 fully saturated rings. The fourth-order valence-corrected chi connectivity index (χ4v) is 7.36. The molecule has 2 aromatic heterocycles. The minimum absolute atomic E-state index is 0.0228. The molecule has 0 bridgehead atoms. The first-order chi connectivity index (χ1) is 25.9. The number of pyridine rings is 1. The number of thiophene rings is 1. The summed E-state index contributed by atoms with van der Waals surface area (Å²) in [6.07, 6.45) is 4.76. The zero-order valence-electron chi connectivity index (χ0n) is 28.5. The highest BCUT2D eigenvalue weighted by Crippen LogP contribution is 2.40. The number of hydrogen-bond acceptors (Lipinski definition) is 8. The summed E-state index contributed by atoms with van der Waals surface area (Å²) in [7, 11) is 0. The van der Waals surface area contributed by atoms with Crippen molar-refractivity contribution in [3.63, 3.8) is 0 Å². The van der Waals surface area contributed by atoms with E-state index in [1.54, 1.807) is 86.1 Å². The van der Waals surface area contributed by atoms with Gasteiger partial charge < -0.3 is 20.7 Å². The highest BCUT2D eigenvalue weighted by atomic mass is 32.2. The fourth-order valence-electron chi connectivity index (χ4n) is 5.32. The minimum atomic E-state index is -0.731. The third-order valence-electron chi connectivity index (χ3n) is 7.80. The molecule has 0 spiro atoms. The molecule has 2 heterocycles. The molecule has 4 aromatic carbocycles. The smallest absolute Gasteiger partial charge is 0.341 e. The number of benzene rings is 4. The molecule has 9 nitrogen and oxygen atoms in total. The minimum Gasteiger partial charge on any atom is -0.462 e. The van der Waals surface area contributed by atoms with Crippen molar-refractivity contribution in [3.05, 3.63) is 173 Å². The summed E-state index contributed by atoms with van der Waals surface area (Å²) in [6.45, 7) is 1.92. The topological polar surface area (TPSA) is 126 Å². The van der Waals surface area contributed by atoms with Gasteiger partial charge in [-0.1, -0.05) is 91.0 Å². The molecule has 0 aliphatic heterocycles. The van der Waals surface area contributed by atoms with Crippen LogP contribution in [0.2, 0.25) is 0 Å². The largest absolute Gasteiger partial charge is 0.462 e. The standard InChI is InChI=1S/C42H34N4O5S2/c1-2-51-42(50)36-34(29-15-6-3-7-16-29)27-52-41(36)46-40(49)37(30-17-8-4-9-18-30)53-33-22-12-21-32(25-33)44-39(48)35(24-28-14-13-23-43-26-28)45-38(47)31-19-10-5-11-20-31/h3-27,37H,2H2,1H3,(H,44,48)(H,45,47)(H,46,49)/b35-24-. The average Bonchev–Trinajstić information content (AvgIpc) is 3.61. The summed E-state index contributed by atoms with van der Waals surface area (Å²) in [5.41, 5.74) is 4.05. The Balaban J connectivity index is 1.25. The van der Waals surface area contributed by atoms with Crippen molar-refractivity contribution in [2.24, 2.45) is 0 Å². The van der Waals surface area contributed by atoms with Crippen LogP contribution in [0.4, 0.5) is 10.7 Å². The van der Waals surface area contributed by atoms with Gasteiger partial charge in [-0.2, -0.15) is 0 Å². The maximum atomic E-state index is 14.1. The van der Waals surface area contributed by atoms with Gasteiger partial charge in [-0.25, -0.2) is 4.79 Å². The summed E-state index contributed by atoms with van der Waals surface area (Å²) in [4.78, 5) is 58.9.